The molecule has 0 spiro atoms. The summed E-state index contributed by atoms with van der Waals surface area (Å²) in [4.78, 5) is 24.6. The third kappa shape index (κ3) is 4.78. The minimum atomic E-state index is -0.987. The standard InChI is InChI=1S/C18H18Cl2O6/c1-9-6-13(22)12(19)5-3-2-4-10(21)7-11-16(18(25)26-9)14(23)8-15(24)17(11)20/h2-5,8-9,12-13,22-24H,6-7H2,1H3/t9-,12-,13-/m0/s1. The lowest BCUT2D eigenvalue weighted by Crippen LogP contribution is -2.27. The van der Waals surface area contributed by atoms with Crippen molar-refractivity contribution in [1.29, 1.82) is 0 Å². The van der Waals surface area contributed by atoms with Crippen molar-refractivity contribution in [3.8, 4) is 11.5 Å². The van der Waals surface area contributed by atoms with Crippen molar-refractivity contribution >= 4 is 35.0 Å². The van der Waals surface area contributed by atoms with E-state index in [2.05, 4.69) is 0 Å². The monoisotopic (exact) mass is 400 g/mol. The van der Waals surface area contributed by atoms with Gasteiger partial charge >= 0.3 is 5.97 Å². The first-order valence-electron chi connectivity index (χ1n) is 7.84. The molecule has 26 heavy (non-hydrogen) atoms. The molecule has 0 saturated heterocycles. The minimum absolute atomic E-state index is 0.0344. The molecule has 0 bridgehead atoms. The maximum atomic E-state index is 12.5. The van der Waals surface area contributed by atoms with Crippen molar-refractivity contribution in [2.75, 3.05) is 0 Å². The molecule has 6 nitrogen and oxygen atoms in total. The van der Waals surface area contributed by atoms with E-state index in [0.29, 0.717) is 0 Å². The van der Waals surface area contributed by atoms with Crippen molar-refractivity contribution in [2.24, 2.45) is 0 Å². The number of fused-ring (bicyclic) bond motifs is 1. The van der Waals surface area contributed by atoms with Gasteiger partial charge in [-0.2, -0.15) is 0 Å². The van der Waals surface area contributed by atoms with E-state index in [1.165, 1.54) is 24.3 Å². The number of carbonyl (C=O) groups excluding carboxylic acids is 2. The number of aliphatic hydroxyl groups is 1. The van der Waals surface area contributed by atoms with Gasteiger partial charge in [-0.05, 0) is 13.0 Å². The molecule has 0 saturated carbocycles. The second-order valence-electron chi connectivity index (χ2n) is 5.93. The number of hydrogen-bond donors (Lipinski definition) is 3. The molecule has 1 aliphatic rings. The first-order chi connectivity index (χ1) is 12.2. The Labute approximate surface area is 160 Å². The van der Waals surface area contributed by atoms with Gasteiger partial charge in [-0.15, -0.1) is 11.6 Å². The smallest absolute Gasteiger partial charge is 0.342 e. The molecule has 0 radical (unpaired) electrons. The number of rotatable bonds is 0. The van der Waals surface area contributed by atoms with Crippen molar-refractivity contribution in [3.05, 3.63) is 46.5 Å². The third-order valence-corrected chi connectivity index (χ3v) is 4.67. The minimum Gasteiger partial charge on any atom is -0.507 e. The molecule has 1 heterocycles. The lowest BCUT2D eigenvalue weighted by Gasteiger charge is -2.20. The maximum Gasteiger partial charge on any atom is 0.342 e. The lowest BCUT2D eigenvalue weighted by molar-refractivity contribution is -0.114. The van der Waals surface area contributed by atoms with E-state index in [0.717, 1.165) is 6.07 Å². The zero-order valence-electron chi connectivity index (χ0n) is 13.9. The Morgan fingerprint density at radius 3 is 2.58 bits per heavy atom. The number of hydrogen-bond acceptors (Lipinski definition) is 6. The van der Waals surface area contributed by atoms with E-state index in [1.807, 2.05) is 0 Å². The van der Waals surface area contributed by atoms with Gasteiger partial charge in [-0.3, -0.25) is 4.79 Å². The highest BCUT2D eigenvalue weighted by atomic mass is 35.5. The average molecular weight is 401 g/mol. The summed E-state index contributed by atoms with van der Waals surface area (Å²) in [5, 5.41) is 29.0. The zero-order valence-corrected chi connectivity index (χ0v) is 15.4. The second-order valence-corrected chi connectivity index (χ2v) is 6.81. The molecule has 1 aromatic rings. The van der Waals surface area contributed by atoms with Crippen LogP contribution in [0.4, 0.5) is 0 Å². The first-order valence-corrected chi connectivity index (χ1v) is 8.66. The topological polar surface area (TPSA) is 104 Å². The molecule has 0 aromatic heterocycles. The van der Waals surface area contributed by atoms with Crippen LogP contribution in [-0.2, 0) is 16.0 Å². The van der Waals surface area contributed by atoms with Crippen LogP contribution < -0.4 is 0 Å². The summed E-state index contributed by atoms with van der Waals surface area (Å²) in [6, 6.07) is 0.906. The van der Waals surface area contributed by atoms with Gasteiger partial charge in [0, 0.05) is 24.5 Å². The highest BCUT2D eigenvalue weighted by Gasteiger charge is 2.27. The number of ketones is 1. The molecule has 1 aromatic carbocycles. The molecule has 0 fully saturated rings. The third-order valence-electron chi connectivity index (χ3n) is 3.81. The summed E-state index contributed by atoms with van der Waals surface area (Å²) in [6.07, 6.45) is 3.73. The summed E-state index contributed by atoms with van der Waals surface area (Å²) >= 11 is 12.1. The normalized spacial score (nSPS) is 24.7. The molecular formula is C18H18Cl2O6. The molecule has 3 atom stereocenters. The SMILES string of the molecule is C[C@H]1C[C@H](O)[C@@H](Cl)C=CC=CC(=O)Cc2c(Cl)c(O)cc(O)c2C(=O)O1. The second kappa shape index (κ2) is 8.58. The highest BCUT2D eigenvalue weighted by molar-refractivity contribution is 6.33. The molecule has 0 unspecified atom stereocenters. The van der Waals surface area contributed by atoms with Gasteiger partial charge in [0.2, 0.25) is 0 Å². The van der Waals surface area contributed by atoms with Gasteiger partial charge in [0.15, 0.2) is 5.78 Å². The van der Waals surface area contributed by atoms with Crippen LogP contribution in [-0.4, -0.2) is 44.7 Å². The van der Waals surface area contributed by atoms with Gasteiger partial charge in [-0.1, -0.05) is 29.8 Å². The average Bonchev–Trinajstić information content (AvgIpc) is 2.54. The zero-order chi connectivity index (χ0) is 19.4. The number of cyclic esters (lactones) is 1. The fourth-order valence-corrected chi connectivity index (χ4v) is 2.93. The maximum absolute atomic E-state index is 12.5. The number of phenolic OH excluding ortho intramolecular Hbond substituents is 2. The number of alkyl halides is 1. The van der Waals surface area contributed by atoms with Gasteiger partial charge in [0.25, 0.3) is 0 Å². The predicted molar refractivity (Wildman–Crippen MR) is 96.9 cm³/mol. The Morgan fingerprint density at radius 1 is 1.19 bits per heavy atom. The van der Waals surface area contributed by atoms with Gasteiger partial charge in [-0.25, -0.2) is 4.79 Å². The summed E-state index contributed by atoms with van der Waals surface area (Å²) in [6.45, 7) is 1.56. The number of carbonyl (C=O) groups is 2. The van der Waals surface area contributed by atoms with Crippen LogP contribution in [0.15, 0.2) is 30.4 Å². The highest BCUT2D eigenvalue weighted by Crippen LogP contribution is 2.37. The van der Waals surface area contributed by atoms with Crippen molar-refractivity contribution < 1.29 is 29.6 Å². The van der Waals surface area contributed by atoms with E-state index < -0.39 is 40.8 Å². The summed E-state index contributed by atoms with van der Waals surface area (Å²) < 4.78 is 5.24. The van der Waals surface area contributed by atoms with Crippen molar-refractivity contribution in [3.63, 3.8) is 0 Å². The number of esters is 1. The number of aliphatic hydroxyl groups excluding tert-OH is 1. The Bertz CT molecular complexity index is 771. The van der Waals surface area contributed by atoms with E-state index in [4.69, 9.17) is 27.9 Å². The van der Waals surface area contributed by atoms with Crippen LogP contribution in [0.2, 0.25) is 5.02 Å². The van der Waals surface area contributed by atoms with Gasteiger partial charge < -0.3 is 20.1 Å². The van der Waals surface area contributed by atoms with Gasteiger partial charge in [0.05, 0.1) is 16.5 Å². The van der Waals surface area contributed by atoms with Crippen LogP contribution in [0.25, 0.3) is 0 Å². The van der Waals surface area contributed by atoms with Crippen LogP contribution in [0.5, 0.6) is 11.5 Å². The number of benzene rings is 1. The molecule has 1 aliphatic heterocycles. The number of halogens is 2. The number of ether oxygens (including phenoxy) is 1. The van der Waals surface area contributed by atoms with Gasteiger partial charge in [0.1, 0.15) is 23.2 Å². The largest absolute Gasteiger partial charge is 0.507 e. The Balaban J connectivity index is 2.51. The van der Waals surface area contributed by atoms with Crippen LogP contribution in [0.3, 0.4) is 0 Å². The summed E-state index contributed by atoms with van der Waals surface area (Å²) in [7, 11) is 0. The van der Waals surface area contributed by atoms with Crippen molar-refractivity contribution in [2.45, 2.75) is 37.4 Å². The van der Waals surface area contributed by atoms with E-state index in [-0.39, 0.29) is 29.0 Å². The quantitative estimate of drug-likeness (QED) is 0.456. The molecular weight excluding hydrogens is 383 g/mol. The fraction of sp³-hybridized carbons (Fsp3) is 0.333. The first kappa shape index (κ1) is 20.3. The van der Waals surface area contributed by atoms with E-state index in [9.17, 15) is 24.9 Å². The molecule has 0 amide bonds. The summed E-state index contributed by atoms with van der Waals surface area (Å²) in [5.74, 6) is -2.36. The Hall–Kier alpha value is -2.02. The Kier molecular flexibility index (Phi) is 6.69. The lowest BCUT2D eigenvalue weighted by atomic mass is 9.99. The molecule has 8 heteroatoms. The van der Waals surface area contributed by atoms with Crippen LogP contribution in [0, 0.1) is 0 Å². The number of allylic oxidation sites excluding steroid dienone is 3. The Morgan fingerprint density at radius 2 is 1.88 bits per heavy atom. The number of aromatic hydroxyl groups is 2. The van der Waals surface area contributed by atoms with Crippen LogP contribution >= 0.6 is 23.2 Å². The summed E-state index contributed by atoms with van der Waals surface area (Å²) in [5.41, 5.74) is -0.335. The van der Waals surface area contributed by atoms with Crippen molar-refractivity contribution in [1.82, 2.24) is 0 Å². The number of phenols is 2. The molecule has 3 N–H and O–H groups in total. The van der Waals surface area contributed by atoms with E-state index >= 15 is 0 Å². The molecule has 140 valence electrons. The van der Waals surface area contributed by atoms with Crippen LogP contribution in [0.1, 0.15) is 29.3 Å². The van der Waals surface area contributed by atoms with E-state index in [1.54, 1.807) is 6.92 Å². The predicted octanol–water partition coefficient (Wildman–Crippen LogP) is 2.89. The molecule has 0 aliphatic carbocycles. The fourth-order valence-electron chi connectivity index (χ4n) is 2.53. The molecule has 2 rings (SSSR count).